The molecule has 3 aliphatic rings. The van der Waals surface area contributed by atoms with Gasteiger partial charge in [-0.1, -0.05) is 64.3 Å². The summed E-state index contributed by atoms with van der Waals surface area (Å²) in [4.78, 5) is 14.7. The molecule has 2 nitrogen and oxygen atoms in total. The average molecular weight is 330 g/mol. The van der Waals surface area contributed by atoms with Crippen molar-refractivity contribution in [3.05, 3.63) is 35.2 Å². The van der Waals surface area contributed by atoms with E-state index < -0.39 is 0 Å². The summed E-state index contributed by atoms with van der Waals surface area (Å²) in [5.74, 6) is 0.812. The molecule has 24 heavy (non-hydrogen) atoms. The number of carbonyl (C=O) groups is 1. The number of hydrogen-bond donors (Lipinski definition) is 0. The summed E-state index contributed by atoms with van der Waals surface area (Å²) in [6, 6.07) is 0. The van der Waals surface area contributed by atoms with E-state index in [1.54, 1.807) is 0 Å². The summed E-state index contributed by atoms with van der Waals surface area (Å²) in [5.41, 5.74) is 4.94. The lowest BCUT2D eigenvalue weighted by atomic mass is 9.77. The first kappa shape index (κ1) is 19.0. The van der Waals surface area contributed by atoms with Crippen LogP contribution in [0.15, 0.2) is 35.2 Å². The van der Waals surface area contributed by atoms with Gasteiger partial charge in [-0.05, 0) is 32.6 Å². The monoisotopic (exact) mass is 329 g/mol. The summed E-state index contributed by atoms with van der Waals surface area (Å²) in [6.45, 7) is 16.2. The molecule has 0 bridgehead atoms. The van der Waals surface area contributed by atoms with Crippen molar-refractivity contribution in [3.8, 4) is 0 Å². The molecule has 3 rings (SSSR count). The lowest BCUT2D eigenvalue weighted by molar-refractivity contribution is -0.116. The Balaban J connectivity index is 0.000000471. The van der Waals surface area contributed by atoms with Crippen LogP contribution in [0.4, 0.5) is 0 Å². The van der Waals surface area contributed by atoms with E-state index in [9.17, 15) is 4.79 Å². The molecule has 0 amide bonds. The zero-order valence-corrected chi connectivity index (χ0v) is 16.4. The standard InChI is InChI=1S/C18H25NO.C4H10/c1-5-14-7-9-19-13(3)17(20)10-15-12(2)6-8-18(15,4)11-16(14)19;1-3-4-2/h11,14H,3,5-10H2,1-2,4H3;3-4H2,1-2H3/b16-11-;. The molecule has 134 valence electrons. The topological polar surface area (TPSA) is 20.3 Å². The Hall–Kier alpha value is -1.31. The van der Waals surface area contributed by atoms with Gasteiger partial charge >= 0.3 is 0 Å². The van der Waals surface area contributed by atoms with E-state index in [2.05, 4.69) is 52.2 Å². The molecule has 1 saturated heterocycles. The molecule has 0 radical (unpaired) electrons. The third-order valence-corrected chi connectivity index (χ3v) is 6.10. The molecule has 2 aliphatic heterocycles. The quantitative estimate of drug-likeness (QED) is 0.456. The molecule has 2 atom stereocenters. The SMILES string of the molecule is C=C1C(=O)CC2=C(C)CCC2(C)/C=C2/C(CC)CCN12.CCCC. The Morgan fingerprint density at radius 1 is 1.29 bits per heavy atom. The number of Topliss-reactive ketones (excluding diaryl/α,β-unsaturated/α-hetero) is 1. The minimum Gasteiger partial charge on any atom is -0.343 e. The summed E-state index contributed by atoms with van der Waals surface area (Å²) >= 11 is 0. The largest absolute Gasteiger partial charge is 0.343 e. The van der Waals surface area contributed by atoms with Crippen molar-refractivity contribution in [2.24, 2.45) is 11.3 Å². The van der Waals surface area contributed by atoms with E-state index >= 15 is 0 Å². The molecule has 2 heteroatoms. The predicted octanol–water partition coefficient (Wildman–Crippen LogP) is 6.01. The van der Waals surface area contributed by atoms with Gasteiger partial charge in [0.15, 0.2) is 5.78 Å². The molecule has 1 aliphatic carbocycles. The number of unbranched alkanes of at least 4 members (excludes halogenated alkanes) is 1. The van der Waals surface area contributed by atoms with Gasteiger partial charge in [0.1, 0.15) is 0 Å². The third-order valence-electron chi connectivity index (χ3n) is 6.10. The van der Waals surface area contributed by atoms with Crippen molar-refractivity contribution < 1.29 is 4.79 Å². The third kappa shape index (κ3) is 3.53. The predicted molar refractivity (Wildman–Crippen MR) is 103 cm³/mol. The van der Waals surface area contributed by atoms with Crippen LogP contribution in [0.1, 0.15) is 79.6 Å². The molecule has 0 N–H and O–H groups in total. The zero-order chi connectivity index (χ0) is 17.9. The van der Waals surface area contributed by atoms with Gasteiger partial charge < -0.3 is 4.90 Å². The van der Waals surface area contributed by atoms with Gasteiger partial charge in [-0.25, -0.2) is 0 Å². The van der Waals surface area contributed by atoms with Gasteiger partial charge in [-0.2, -0.15) is 0 Å². The highest BCUT2D eigenvalue weighted by molar-refractivity contribution is 5.96. The van der Waals surface area contributed by atoms with Gasteiger partial charge in [-0.15, -0.1) is 0 Å². The minimum atomic E-state index is 0.0891. The second kappa shape index (κ2) is 7.72. The smallest absolute Gasteiger partial charge is 0.182 e. The maximum absolute atomic E-state index is 12.5. The van der Waals surface area contributed by atoms with Crippen LogP contribution >= 0.6 is 0 Å². The van der Waals surface area contributed by atoms with Crippen molar-refractivity contribution >= 4 is 5.78 Å². The Morgan fingerprint density at radius 2 is 1.96 bits per heavy atom. The molecule has 0 aromatic carbocycles. The maximum Gasteiger partial charge on any atom is 0.182 e. The fourth-order valence-electron chi connectivity index (χ4n) is 4.17. The lowest BCUT2D eigenvalue weighted by Gasteiger charge is -2.33. The molecule has 1 fully saturated rings. The highest BCUT2D eigenvalue weighted by Gasteiger charge is 2.41. The van der Waals surface area contributed by atoms with Gasteiger partial charge in [0.05, 0.1) is 5.70 Å². The van der Waals surface area contributed by atoms with E-state index in [4.69, 9.17) is 0 Å². The number of fused-ring (bicyclic) bond motifs is 2. The van der Waals surface area contributed by atoms with Crippen LogP contribution in [-0.4, -0.2) is 17.2 Å². The summed E-state index contributed by atoms with van der Waals surface area (Å²) in [6.07, 6.45) is 10.3. The summed E-state index contributed by atoms with van der Waals surface area (Å²) in [7, 11) is 0. The van der Waals surface area contributed by atoms with Gasteiger partial charge in [-0.3, -0.25) is 4.79 Å². The number of hydrogen-bond acceptors (Lipinski definition) is 2. The summed E-state index contributed by atoms with van der Waals surface area (Å²) < 4.78 is 0. The highest BCUT2D eigenvalue weighted by Crippen LogP contribution is 2.50. The summed E-state index contributed by atoms with van der Waals surface area (Å²) in [5, 5.41) is 0. The van der Waals surface area contributed by atoms with Crippen LogP contribution in [0.3, 0.4) is 0 Å². The van der Waals surface area contributed by atoms with E-state index in [0.717, 1.165) is 32.2 Å². The Kier molecular flexibility index (Phi) is 6.11. The number of ketones is 1. The molecular weight excluding hydrogens is 294 g/mol. The Morgan fingerprint density at radius 3 is 2.54 bits per heavy atom. The zero-order valence-electron chi connectivity index (χ0n) is 16.4. The fraction of sp³-hybridized carbons (Fsp3) is 0.682. The van der Waals surface area contributed by atoms with Crippen molar-refractivity contribution in [2.45, 2.75) is 79.6 Å². The van der Waals surface area contributed by atoms with Crippen LogP contribution in [0, 0.1) is 11.3 Å². The Labute approximate surface area is 148 Å². The van der Waals surface area contributed by atoms with Gasteiger partial charge in [0.25, 0.3) is 0 Å². The lowest BCUT2D eigenvalue weighted by Crippen LogP contribution is -2.29. The first-order chi connectivity index (χ1) is 11.4. The molecule has 0 spiro atoms. The van der Waals surface area contributed by atoms with Crippen molar-refractivity contribution in [3.63, 3.8) is 0 Å². The van der Waals surface area contributed by atoms with Crippen LogP contribution in [0.25, 0.3) is 0 Å². The van der Waals surface area contributed by atoms with Gasteiger partial charge in [0.2, 0.25) is 0 Å². The second-order valence-corrected chi connectivity index (χ2v) is 7.84. The molecule has 2 heterocycles. The van der Waals surface area contributed by atoms with Crippen LogP contribution < -0.4 is 0 Å². The maximum atomic E-state index is 12.5. The molecule has 2 unspecified atom stereocenters. The molecular formula is C22H35NO. The van der Waals surface area contributed by atoms with E-state index in [0.29, 0.717) is 18.0 Å². The molecule has 0 saturated carbocycles. The van der Waals surface area contributed by atoms with Crippen molar-refractivity contribution in [2.75, 3.05) is 6.54 Å². The average Bonchev–Trinajstić information content (AvgIpc) is 3.09. The van der Waals surface area contributed by atoms with Crippen LogP contribution in [0.2, 0.25) is 0 Å². The fourth-order valence-corrected chi connectivity index (χ4v) is 4.17. The highest BCUT2D eigenvalue weighted by atomic mass is 16.1. The second-order valence-electron chi connectivity index (χ2n) is 7.84. The molecule has 0 aromatic rings. The first-order valence-corrected chi connectivity index (χ1v) is 9.79. The van der Waals surface area contributed by atoms with Crippen molar-refractivity contribution in [1.29, 1.82) is 0 Å². The van der Waals surface area contributed by atoms with Crippen LogP contribution in [0.5, 0.6) is 0 Å². The van der Waals surface area contributed by atoms with E-state index in [1.807, 2.05) is 0 Å². The first-order valence-electron chi connectivity index (χ1n) is 9.79. The number of nitrogens with zero attached hydrogens (tertiary/aromatic N) is 1. The van der Waals surface area contributed by atoms with Crippen LogP contribution in [-0.2, 0) is 4.79 Å². The minimum absolute atomic E-state index is 0.0891. The van der Waals surface area contributed by atoms with E-state index in [-0.39, 0.29) is 11.2 Å². The Bertz CT molecular complexity index is 567. The van der Waals surface area contributed by atoms with Gasteiger partial charge in [0, 0.05) is 30.0 Å². The molecule has 0 aromatic heterocycles. The number of allylic oxidation sites excluding steroid dienone is 5. The van der Waals surface area contributed by atoms with Crippen molar-refractivity contribution in [1.82, 2.24) is 4.90 Å². The normalized spacial score (nSPS) is 31.6. The number of carbonyl (C=O) groups excluding carboxylic acids is 1. The number of rotatable bonds is 2. The van der Waals surface area contributed by atoms with E-state index in [1.165, 1.54) is 29.7 Å².